The summed E-state index contributed by atoms with van der Waals surface area (Å²) in [5.41, 5.74) is 1.48. The molecule has 1 aliphatic rings. The largest absolute Gasteiger partial charge is 0.294 e. The van der Waals surface area contributed by atoms with E-state index in [0.29, 0.717) is 0 Å². The lowest BCUT2D eigenvalue weighted by Gasteiger charge is -2.21. The lowest BCUT2D eigenvalue weighted by Crippen LogP contribution is -2.22. The molecular weight excluding hydrogens is 272 g/mol. The van der Waals surface area contributed by atoms with E-state index >= 15 is 0 Å². The van der Waals surface area contributed by atoms with Crippen LogP contribution >= 0.6 is 0 Å². The summed E-state index contributed by atoms with van der Waals surface area (Å²) in [5.74, 6) is 0.0642. The highest BCUT2D eigenvalue weighted by molar-refractivity contribution is 6.01. The van der Waals surface area contributed by atoms with Crippen LogP contribution in [0, 0.1) is 11.8 Å². The molecule has 0 aromatic heterocycles. The lowest BCUT2D eigenvalue weighted by atomic mass is 9.81. The predicted molar refractivity (Wildman–Crippen MR) is 86.9 cm³/mol. The highest BCUT2D eigenvalue weighted by atomic mass is 16.1. The molecule has 0 N–H and O–H groups in total. The Labute approximate surface area is 130 Å². The fourth-order valence-electron chi connectivity index (χ4n) is 2.89. The first-order valence-electron chi connectivity index (χ1n) is 7.62. The number of allylic oxidation sites excluding steroid dienone is 2. The first-order valence-corrected chi connectivity index (χ1v) is 7.62. The molecule has 2 atom stereocenters. The first kappa shape index (κ1) is 14.5. The molecule has 0 amide bonds. The molecule has 2 nitrogen and oxygen atoms in total. The molecule has 0 heterocycles. The van der Waals surface area contributed by atoms with Crippen molar-refractivity contribution in [3.63, 3.8) is 0 Å². The van der Waals surface area contributed by atoms with Gasteiger partial charge in [0.25, 0.3) is 0 Å². The van der Waals surface area contributed by atoms with Gasteiger partial charge in [0, 0.05) is 23.0 Å². The Morgan fingerprint density at radius 1 is 0.636 bits per heavy atom. The highest BCUT2D eigenvalue weighted by Gasteiger charge is 2.26. The fourth-order valence-corrected chi connectivity index (χ4v) is 2.89. The quantitative estimate of drug-likeness (QED) is 0.620. The summed E-state index contributed by atoms with van der Waals surface area (Å²) in [6, 6.07) is 18.7. The zero-order valence-corrected chi connectivity index (χ0v) is 12.3. The minimum absolute atomic E-state index is 0.109. The van der Waals surface area contributed by atoms with Gasteiger partial charge < -0.3 is 0 Å². The van der Waals surface area contributed by atoms with Crippen molar-refractivity contribution in [2.75, 3.05) is 0 Å². The number of ketones is 2. The lowest BCUT2D eigenvalue weighted by molar-refractivity contribution is 0.0891. The molecule has 22 heavy (non-hydrogen) atoms. The van der Waals surface area contributed by atoms with Crippen molar-refractivity contribution in [1.29, 1.82) is 0 Å². The number of carbonyl (C=O) groups is 2. The SMILES string of the molecule is O=C(c1ccccc1)[C@@H]1C=C[C@@H](C(=O)c2ccccc2)CC1. The first-order chi connectivity index (χ1) is 10.8. The van der Waals surface area contributed by atoms with Crippen LogP contribution in [0.15, 0.2) is 72.8 Å². The van der Waals surface area contributed by atoms with Crippen LogP contribution < -0.4 is 0 Å². The Hall–Kier alpha value is -2.48. The summed E-state index contributed by atoms with van der Waals surface area (Å²) in [7, 11) is 0. The maximum Gasteiger partial charge on any atom is 0.169 e. The van der Waals surface area contributed by atoms with Gasteiger partial charge in [-0.15, -0.1) is 0 Å². The van der Waals surface area contributed by atoms with Crippen LogP contribution in [0.5, 0.6) is 0 Å². The van der Waals surface area contributed by atoms with E-state index in [9.17, 15) is 9.59 Å². The number of Topliss-reactive ketones (excluding diaryl/α,β-unsaturated/α-hetero) is 2. The topological polar surface area (TPSA) is 34.1 Å². The molecule has 0 spiro atoms. The molecule has 2 heteroatoms. The zero-order chi connectivity index (χ0) is 15.4. The number of hydrogen-bond acceptors (Lipinski definition) is 2. The van der Waals surface area contributed by atoms with Gasteiger partial charge in [0.15, 0.2) is 11.6 Å². The minimum atomic E-state index is -0.109. The summed E-state index contributed by atoms with van der Waals surface area (Å²) in [6.07, 6.45) is 5.27. The molecule has 0 fully saturated rings. The number of rotatable bonds is 4. The van der Waals surface area contributed by atoms with E-state index in [1.165, 1.54) is 0 Å². The molecule has 0 bridgehead atoms. The Kier molecular flexibility index (Phi) is 4.29. The predicted octanol–water partition coefficient (Wildman–Crippen LogP) is 4.33. The summed E-state index contributed by atoms with van der Waals surface area (Å²) >= 11 is 0. The summed E-state index contributed by atoms with van der Waals surface area (Å²) in [6.45, 7) is 0. The van der Waals surface area contributed by atoms with E-state index < -0.39 is 0 Å². The van der Waals surface area contributed by atoms with Crippen LogP contribution in [0.1, 0.15) is 33.6 Å². The molecule has 0 aliphatic heterocycles. The Balaban J connectivity index is 1.70. The van der Waals surface area contributed by atoms with Gasteiger partial charge in [0.2, 0.25) is 0 Å². The van der Waals surface area contributed by atoms with Gasteiger partial charge in [-0.05, 0) is 12.8 Å². The molecule has 110 valence electrons. The molecule has 2 aromatic rings. The van der Waals surface area contributed by atoms with Crippen molar-refractivity contribution in [2.45, 2.75) is 12.8 Å². The van der Waals surface area contributed by atoms with Gasteiger partial charge in [-0.25, -0.2) is 0 Å². The van der Waals surface area contributed by atoms with Gasteiger partial charge in [-0.1, -0.05) is 72.8 Å². The van der Waals surface area contributed by atoms with Crippen molar-refractivity contribution >= 4 is 11.6 Å². The minimum Gasteiger partial charge on any atom is -0.294 e. The Morgan fingerprint density at radius 2 is 1.00 bits per heavy atom. The molecule has 1 aliphatic carbocycles. The van der Waals surface area contributed by atoms with Gasteiger partial charge >= 0.3 is 0 Å². The third-order valence-electron chi connectivity index (χ3n) is 4.15. The molecule has 0 saturated heterocycles. The summed E-state index contributed by atoms with van der Waals surface area (Å²) in [4.78, 5) is 24.8. The van der Waals surface area contributed by atoms with Crippen molar-refractivity contribution < 1.29 is 9.59 Å². The van der Waals surface area contributed by atoms with Crippen LogP contribution in [-0.2, 0) is 0 Å². The van der Waals surface area contributed by atoms with E-state index in [1.54, 1.807) is 0 Å². The summed E-state index contributed by atoms with van der Waals surface area (Å²) < 4.78 is 0. The average Bonchev–Trinajstić information content (AvgIpc) is 2.62. The van der Waals surface area contributed by atoms with Crippen LogP contribution in [-0.4, -0.2) is 11.6 Å². The van der Waals surface area contributed by atoms with E-state index in [0.717, 1.165) is 24.0 Å². The molecule has 0 unspecified atom stereocenters. The number of hydrogen-bond donors (Lipinski definition) is 0. The van der Waals surface area contributed by atoms with Crippen molar-refractivity contribution in [3.8, 4) is 0 Å². The second-order valence-corrected chi connectivity index (χ2v) is 5.64. The highest BCUT2D eigenvalue weighted by Crippen LogP contribution is 2.27. The maximum absolute atomic E-state index is 12.4. The van der Waals surface area contributed by atoms with E-state index in [4.69, 9.17) is 0 Å². The second-order valence-electron chi connectivity index (χ2n) is 5.64. The fraction of sp³-hybridized carbons (Fsp3) is 0.200. The second kappa shape index (κ2) is 6.52. The van der Waals surface area contributed by atoms with Crippen molar-refractivity contribution in [2.24, 2.45) is 11.8 Å². The van der Waals surface area contributed by atoms with E-state index in [-0.39, 0.29) is 23.4 Å². The number of benzene rings is 2. The molecule has 0 radical (unpaired) electrons. The standard InChI is InChI=1S/C20H18O2/c21-19(15-7-3-1-4-8-15)17-11-13-18(14-12-17)20(22)16-9-5-2-6-10-16/h1-11,13,17-18H,12,14H2/t17-,18-/m1/s1. The van der Waals surface area contributed by atoms with Crippen molar-refractivity contribution in [3.05, 3.63) is 83.9 Å². The number of carbonyl (C=O) groups excluding carboxylic acids is 2. The third kappa shape index (κ3) is 3.06. The molecular formula is C20H18O2. The van der Waals surface area contributed by atoms with Crippen LogP contribution in [0.3, 0.4) is 0 Å². The Morgan fingerprint density at radius 3 is 1.32 bits per heavy atom. The van der Waals surface area contributed by atoms with Crippen LogP contribution in [0.4, 0.5) is 0 Å². The van der Waals surface area contributed by atoms with Gasteiger partial charge in [-0.2, -0.15) is 0 Å². The monoisotopic (exact) mass is 290 g/mol. The maximum atomic E-state index is 12.4. The Bertz CT molecular complexity index is 625. The van der Waals surface area contributed by atoms with E-state index in [1.807, 2.05) is 72.8 Å². The van der Waals surface area contributed by atoms with E-state index in [2.05, 4.69) is 0 Å². The van der Waals surface area contributed by atoms with Gasteiger partial charge in [-0.3, -0.25) is 9.59 Å². The molecule has 2 aromatic carbocycles. The summed E-state index contributed by atoms with van der Waals surface area (Å²) in [5, 5.41) is 0. The normalized spacial score (nSPS) is 20.5. The average molecular weight is 290 g/mol. The van der Waals surface area contributed by atoms with Gasteiger partial charge in [0.1, 0.15) is 0 Å². The molecule has 3 rings (SSSR count). The molecule has 0 saturated carbocycles. The zero-order valence-electron chi connectivity index (χ0n) is 12.3. The van der Waals surface area contributed by atoms with Crippen molar-refractivity contribution in [1.82, 2.24) is 0 Å². The smallest absolute Gasteiger partial charge is 0.169 e. The third-order valence-corrected chi connectivity index (χ3v) is 4.15. The van der Waals surface area contributed by atoms with Crippen LogP contribution in [0.25, 0.3) is 0 Å². The van der Waals surface area contributed by atoms with Crippen LogP contribution in [0.2, 0.25) is 0 Å². The van der Waals surface area contributed by atoms with Gasteiger partial charge in [0.05, 0.1) is 0 Å².